The Bertz CT molecular complexity index is 650. The van der Waals surface area contributed by atoms with E-state index in [9.17, 15) is 0 Å². The number of rotatable bonds is 4. The number of ether oxygens (including phenoxy) is 1. The Morgan fingerprint density at radius 2 is 1.62 bits per heavy atom. The molecular formula is C21H26N2O. The lowest BCUT2D eigenvalue weighted by Gasteiger charge is -2.37. The highest BCUT2D eigenvalue weighted by atomic mass is 16.5. The first-order valence-corrected chi connectivity index (χ1v) is 9.14. The van der Waals surface area contributed by atoms with Crippen molar-refractivity contribution < 1.29 is 4.74 Å². The molecule has 2 aliphatic rings. The molecule has 3 heteroatoms. The van der Waals surface area contributed by atoms with Gasteiger partial charge in [-0.25, -0.2) is 0 Å². The second-order valence-electron chi connectivity index (χ2n) is 6.82. The van der Waals surface area contributed by atoms with E-state index in [4.69, 9.17) is 4.74 Å². The van der Waals surface area contributed by atoms with Crippen molar-refractivity contribution in [1.82, 2.24) is 4.90 Å². The molecule has 1 atom stereocenters. The van der Waals surface area contributed by atoms with Crippen molar-refractivity contribution in [1.29, 1.82) is 0 Å². The third kappa shape index (κ3) is 3.41. The third-order valence-corrected chi connectivity index (χ3v) is 5.37. The molecule has 2 aliphatic heterocycles. The van der Waals surface area contributed by atoms with E-state index in [0.29, 0.717) is 5.92 Å². The quantitative estimate of drug-likeness (QED) is 0.852. The van der Waals surface area contributed by atoms with Crippen molar-refractivity contribution in [2.24, 2.45) is 0 Å². The molecule has 2 heterocycles. The maximum Gasteiger partial charge on any atom is 0.122 e. The molecule has 2 aromatic carbocycles. The van der Waals surface area contributed by atoms with Crippen LogP contribution in [0, 0.1) is 0 Å². The highest BCUT2D eigenvalue weighted by Crippen LogP contribution is 2.35. The number of hydrogen-bond donors (Lipinski definition) is 0. The molecule has 4 rings (SSSR count). The van der Waals surface area contributed by atoms with Gasteiger partial charge in [0, 0.05) is 31.9 Å². The van der Waals surface area contributed by atoms with Gasteiger partial charge in [0.2, 0.25) is 0 Å². The first-order chi connectivity index (χ1) is 11.9. The summed E-state index contributed by atoms with van der Waals surface area (Å²) in [6.45, 7) is 6.66. The third-order valence-electron chi connectivity index (χ3n) is 5.37. The molecule has 0 aromatic heterocycles. The van der Waals surface area contributed by atoms with Crippen molar-refractivity contribution in [2.45, 2.75) is 18.8 Å². The van der Waals surface area contributed by atoms with Crippen molar-refractivity contribution in [2.75, 3.05) is 44.2 Å². The zero-order valence-corrected chi connectivity index (χ0v) is 14.2. The molecule has 0 amide bonds. The second kappa shape index (κ2) is 7.27. The number of nitrogens with zero attached hydrogens (tertiary/aromatic N) is 2. The van der Waals surface area contributed by atoms with Crippen LogP contribution in [0.3, 0.4) is 0 Å². The summed E-state index contributed by atoms with van der Waals surface area (Å²) in [5.41, 5.74) is 2.77. The van der Waals surface area contributed by atoms with Gasteiger partial charge >= 0.3 is 0 Å². The van der Waals surface area contributed by atoms with Crippen molar-refractivity contribution >= 4 is 5.69 Å². The molecule has 1 saturated heterocycles. The highest BCUT2D eigenvalue weighted by Gasteiger charge is 2.23. The lowest BCUT2D eigenvalue weighted by Crippen LogP contribution is -2.46. The highest BCUT2D eigenvalue weighted by molar-refractivity contribution is 5.46. The van der Waals surface area contributed by atoms with Gasteiger partial charge in [-0.1, -0.05) is 36.4 Å². The zero-order chi connectivity index (χ0) is 16.2. The predicted octanol–water partition coefficient (Wildman–Crippen LogP) is 3.77. The summed E-state index contributed by atoms with van der Waals surface area (Å²) in [5, 5.41) is 0. The summed E-state index contributed by atoms with van der Waals surface area (Å²) in [7, 11) is 0. The topological polar surface area (TPSA) is 15.7 Å². The Balaban J connectivity index is 1.29. The second-order valence-corrected chi connectivity index (χ2v) is 6.82. The standard InChI is InChI=1S/C21H26N2O/c1-2-6-19(7-3-1)23-15-13-22(14-16-23)12-10-18-11-17-24-21-9-5-4-8-20(18)21/h1-9,18H,10-17H2. The number of benzene rings is 2. The Hall–Kier alpha value is -2.00. The van der Waals surface area contributed by atoms with Crippen LogP contribution < -0.4 is 9.64 Å². The molecule has 2 aromatic rings. The Morgan fingerprint density at radius 3 is 2.46 bits per heavy atom. The fourth-order valence-corrected chi connectivity index (χ4v) is 3.92. The van der Waals surface area contributed by atoms with E-state index in [1.54, 1.807) is 0 Å². The number of anilines is 1. The van der Waals surface area contributed by atoms with Crippen LogP contribution in [0.15, 0.2) is 54.6 Å². The molecule has 24 heavy (non-hydrogen) atoms. The molecule has 0 saturated carbocycles. The average molecular weight is 322 g/mol. The normalized spacial score (nSPS) is 21.2. The Kier molecular flexibility index (Phi) is 4.70. The van der Waals surface area contributed by atoms with E-state index in [-0.39, 0.29) is 0 Å². The summed E-state index contributed by atoms with van der Waals surface area (Å²) < 4.78 is 5.79. The molecule has 1 fully saturated rings. The molecular weight excluding hydrogens is 296 g/mol. The van der Waals surface area contributed by atoms with Crippen molar-refractivity contribution in [3.05, 3.63) is 60.2 Å². The smallest absolute Gasteiger partial charge is 0.122 e. The number of hydrogen-bond acceptors (Lipinski definition) is 3. The molecule has 3 nitrogen and oxygen atoms in total. The number of para-hydroxylation sites is 2. The first-order valence-electron chi connectivity index (χ1n) is 9.14. The fraction of sp³-hybridized carbons (Fsp3) is 0.429. The molecule has 126 valence electrons. The van der Waals surface area contributed by atoms with Gasteiger partial charge in [-0.2, -0.15) is 0 Å². The van der Waals surface area contributed by atoms with Crippen LogP contribution in [-0.4, -0.2) is 44.2 Å². The van der Waals surface area contributed by atoms with Gasteiger partial charge in [-0.05, 0) is 49.1 Å². The van der Waals surface area contributed by atoms with Crippen LogP contribution in [0.5, 0.6) is 5.75 Å². The van der Waals surface area contributed by atoms with Gasteiger partial charge in [0.15, 0.2) is 0 Å². The van der Waals surface area contributed by atoms with E-state index < -0.39 is 0 Å². The maximum absolute atomic E-state index is 5.79. The summed E-state index contributed by atoms with van der Waals surface area (Å²) in [6, 6.07) is 19.3. The van der Waals surface area contributed by atoms with Gasteiger partial charge in [0.05, 0.1) is 6.61 Å². The predicted molar refractivity (Wildman–Crippen MR) is 99.0 cm³/mol. The summed E-state index contributed by atoms with van der Waals surface area (Å²) in [5.74, 6) is 1.75. The van der Waals surface area contributed by atoms with E-state index in [1.165, 1.54) is 37.3 Å². The lowest BCUT2D eigenvalue weighted by atomic mass is 9.90. The minimum Gasteiger partial charge on any atom is -0.493 e. The molecule has 0 N–H and O–H groups in total. The SMILES string of the molecule is c1ccc(N2CCN(CCC3CCOc4ccccc43)CC2)cc1. The average Bonchev–Trinajstić information content (AvgIpc) is 2.67. The number of fused-ring (bicyclic) bond motifs is 1. The van der Waals surface area contributed by atoms with Gasteiger partial charge in [0.25, 0.3) is 0 Å². The van der Waals surface area contributed by atoms with Gasteiger partial charge in [-0.15, -0.1) is 0 Å². The molecule has 0 spiro atoms. The van der Waals surface area contributed by atoms with Crippen LogP contribution in [0.25, 0.3) is 0 Å². The van der Waals surface area contributed by atoms with Crippen molar-refractivity contribution in [3.8, 4) is 5.75 Å². The lowest BCUT2D eigenvalue weighted by molar-refractivity contribution is 0.223. The van der Waals surface area contributed by atoms with Crippen LogP contribution in [0.4, 0.5) is 5.69 Å². The van der Waals surface area contributed by atoms with Gasteiger partial charge < -0.3 is 9.64 Å². The maximum atomic E-state index is 5.79. The van der Waals surface area contributed by atoms with Crippen molar-refractivity contribution in [3.63, 3.8) is 0 Å². The molecule has 0 bridgehead atoms. The largest absolute Gasteiger partial charge is 0.493 e. The van der Waals surface area contributed by atoms with E-state index in [2.05, 4.69) is 64.4 Å². The molecule has 0 aliphatic carbocycles. The minimum atomic E-state index is 0.655. The molecule has 0 radical (unpaired) electrons. The van der Waals surface area contributed by atoms with Crippen LogP contribution in [0.1, 0.15) is 24.3 Å². The molecule has 1 unspecified atom stereocenters. The zero-order valence-electron chi connectivity index (χ0n) is 14.2. The van der Waals surface area contributed by atoms with Crippen LogP contribution >= 0.6 is 0 Å². The summed E-state index contributed by atoms with van der Waals surface area (Å²) in [6.07, 6.45) is 2.40. The van der Waals surface area contributed by atoms with Gasteiger partial charge in [0.1, 0.15) is 5.75 Å². The van der Waals surface area contributed by atoms with Gasteiger partial charge in [-0.3, -0.25) is 4.90 Å². The van der Waals surface area contributed by atoms with E-state index in [0.717, 1.165) is 31.9 Å². The fourth-order valence-electron chi connectivity index (χ4n) is 3.92. The van der Waals surface area contributed by atoms with Crippen LogP contribution in [-0.2, 0) is 0 Å². The van der Waals surface area contributed by atoms with E-state index >= 15 is 0 Å². The summed E-state index contributed by atoms with van der Waals surface area (Å²) >= 11 is 0. The minimum absolute atomic E-state index is 0.655. The monoisotopic (exact) mass is 322 g/mol. The van der Waals surface area contributed by atoms with E-state index in [1.807, 2.05) is 0 Å². The number of piperazine rings is 1. The van der Waals surface area contributed by atoms with Crippen LogP contribution in [0.2, 0.25) is 0 Å². The summed E-state index contributed by atoms with van der Waals surface area (Å²) in [4.78, 5) is 5.12. The first kappa shape index (κ1) is 15.5. The Morgan fingerprint density at radius 1 is 0.875 bits per heavy atom. The Labute approximate surface area is 144 Å².